The SMILES string of the molecule is CC(c1ccc(F)cc1)N1CCCN(C(=O)c2cccc(Cl)c2)CC1. The van der Waals surface area contributed by atoms with Crippen molar-refractivity contribution in [3.05, 3.63) is 70.5 Å². The van der Waals surface area contributed by atoms with Crippen LogP contribution in [0.5, 0.6) is 0 Å². The van der Waals surface area contributed by atoms with E-state index in [0.29, 0.717) is 17.1 Å². The van der Waals surface area contributed by atoms with Crippen molar-refractivity contribution < 1.29 is 9.18 Å². The van der Waals surface area contributed by atoms with Crippen molar-refractivity contribution in [3.8, 4) is 0 Å². The van der Waals surface area contributed by atoms with E-state index in [9.17, 15) is 9.18 Å². The molecule has 5 heteroatoms. The Kier molecular flexibility index (Phi) is 5.71. The normalized spacial score (nSPS) is 17.2. The highest BCUT2D eigenvalue weighted by molar-refractivity contribution is 6.30. The molecule has 0 N–H and O–H groups in total. The van der Waals surface area contributed by atoms with E-state index in [2.05, 4.69) is 11.8 Å². The van der Waals surface area contributed by atoms with Gasteiger partial charge in [0.05, 0.1) is 0 Å². The Morgan fingerprint density at radius 2 is 1.84 bits per heavy atom. The minimum atomic E-state index is -0.217. The van der Waals surface area contributed by atoms with Crippen LogP contribution in [0, 0.1) is 5.82 Å². The maximum absolute atomic E-state index is 13.1. The zero-order valence-electron chi connectivity index (χ0n) is 14.3. The van der Waals surface area contributed by atoms with E-state index >= 15 is 0 Å². The summed E-state index contributed by atoms with van der Waals surface area (Å²) in [6.07, 6.45) is 0.915. The molecular formula is C20H22ClFN2O. The minimum Gasteiger partial charge on any atom is -0.337 e. The number of hydrogen-bond acceptors (Lipinski definition) is 2. The summed E-state index contributed by atoms with van der Waals surface area (Å²) in [5, 5.41) is 0.576. The number of halogens is 2. The Morgan fingerprint density at radius 3 is 2.56 bits per heavy atom. The van der Waals surface area contributed by atoms with Gasteiger partial charge in [0.2, 0.25) is 0 Å². The Bertz CT molecular complexity index is 735. The second-order valence-electron chi connectivity index (χ2n) is 6.42. The molecule has 1 fully saturated rings. The van der Waals surface area contributed by atoms with Crippen molar-refractivity contribution in [1.29, 1.82) is 0 Å². The molecule has 1 unspecified atom stereocenters. The summed E-state index contributed by atoms with van der Waals surface area (Å²) < 4.78 is 13.1. The fraction of sp³-hybridized carbons (Fsp3) is 0.350. The van der Waals surface area contributed by atoms with Crippen LogP contribution < -0.4 is 0 Å². The van der Waals surface area contributed by atoms with E-state index in [-0.39, 0.29) is 17.8 Å². The standard InChI is InChI=1S/C20H22ClFN2O/c1-15(16-6-8-19(22)9-7-16)23-10-3-11-24(13-12-23)20(25)17-4-2-5-18(21)14-17/h2,4-9,14-15H,3,10-13H2,1H3. The Hall–Kier alpha value is -1.91. The van der Waals surface area contributed by atoms with Crippen LogP contribution in [-0.4, -0.2) is 41.9 Å². The zero-order valence-corrected chi connectivity index (χ0v) is 15.0. The van der Waals surface area contributed by atoms with Gasteiger partial charge in [0, 0.05) is 42.8 Å². The highest BCUT2D eigenvalue weighted by Gasteiger charge is 2.23. The van der Waals surface area contributed by atoms with Gasteiger partial charge < -0.3 is 4.90 Å². The molecule has 2 aromatic carbocycles. The van der Waals surface area contributed by atoms with Gasteiger partial charge in [0.25, 0.3) is 5.91 Å². The lowest BCUT2D eigenvalue weighted by Crippen LogP contribution is -2.35. The van der Waals surface area contributed by atoms with E-state index < -0.39 is 0 Å². The first-order valence-corrected chi connectivity index (χ1v) is 8.97. The molecular weight excluding hydrogens is 339 g/mol. The molecule has 2 aromatic rings. The number of carbonyl (C=O) groups is 1. The molecule has 3 rings (SSSR count). The van der Waals surface area contributed by atoms with Crippen LogP contribution >= 0.6 is 11.6 Å². The Labute approximate surface area is 153 Å². The quantitative estimate of drug-likeness (QED) is 0.810. The molecule has 3 nitrogen and oxygen atoms in total. The van der Waals surface area contributed by atoms with Gasteiger partial charge in [0.15, 0.2) is 0 Å². The number of amides is 1. The Morgan fingerprint density at radius 1 is 1.08 bits per heavy atom. The van der Waals surface area contributed by atoms with Gasteiger partial charge in [0.1, 0.15) is 5.82 Å². The van der Waals surface area contributed by atoms with E-state index in [1.807, 2.05) is 17.0 Å². The molecule has 1 heterocycles. The van der Waals surface area contributed by atoms with Gasteiger partial charge in [-0.15, -0.1) is 0 Å². The maximum atomic E-state index is 13.1. The van der Waals surface area contributed by atoms with Crippen LogP contribution in [0.4, 0.5) is 4.39 Å². The lowest BCUT2D eigenvalue weighted by Gasteiger charge is -2.28. The topological polar surface area (TPSA) is 23.6 Å². The number of benzene rings is 2. The third kappa shape index (κ3) is 4.39. The summed E-state index contributed by atoms with van der Waals surface area (Å²) in [7, 11) is 0. The average molecular weight is 361 g/mol. The summed E-state index contributed by atoms with van der Waals surface area (Å²) in [5.74, 6) is -0.191. The average Bonchev–Trinajstić information content (AvgIpc) is 2.87. The van der Waals surface area contributed by atoms with E-state index in [1.165, 1.54) is 12.1 Å². The number of nitrogens with zero attached hydrogens (tertiary/aromatic N) is 2. The molecule has 1 aliphatic heterocycles. The first-order valence-electron chi connectivity index (χ1n) is 8.59. The monoisotopic (exact) mass is 360 g/mol. The lowest BCUT2D eigenvalue weighted by molar-refractivity contribution is 0.0758. The van der Waals surface area contributed by atoms with Gasteiger partial charge in [-0.25, -0.2) is 4.39 Å². The van der Waals surface area contributed by atoms with E-state index in [1.54, 1.807) is 24.3 Å². The third-order valence-electron chi connectivity index (χ3n) is 4.79. The van der Waals surface area contributed by atoms with Crippen molar-refractivity contribution in [3.63, 3.8) is 0 Å². The molecule has 0 spiro atoms. The van der Waals surface area contributed by atoms with Gasteiger partial charge in [-0.2, -0.15) is 0 Å². The highest BCUT2D eigenvalue weighted by Crippen LogP contribution is 2.22. The first kappa shape index (κ1) is 17.9. The van der Waals surface area contributed by atoms with Crippen LogP contribution in [-0.2, 0) is 0 Å². The van der Waals surface area contributed by atoms with Crippen molar-refractivity contribution in [2.24, 2.45) is 0 Å². The van der Waals surface area contributed by atoms with Gasteiger partial charge in [-0.3, -0.25) is 9.69 Å². The van der Waals surface area contributed by atoms with Crippen molar-refractivity contribution in [2.45, 2.75) is 19.4 Å². The molecule has 0 saturated carbocycles. The van der Waals surface area contributed by atoms with Crippen LogP contribution in [0.3, 0.4) is 0 Å². The molecule has 0 aliphatic carbocycles. The van der Waals surface area contributed by atoms with Crippen LogP contribution in [0.2, 0.25) is 5.02 Å². The molecule has 1 atom stereocenters. The number of carbonyl (C=O) groups excluding carboxylic acids is 1. The molecule has 132 valence electrons. The molecule has 0 aromatic heterocycles. The highest BCUT2D eigenvalue weighted by atomic mass is 35.5. The van der Waals surface area contributed by atoms with Gasteiger partial charge in [-0.1, -0.05) is 29.8 Å². The summed E-state index contributed by atoms with van der Waals surface area (Å²) in [5.41, 5.74) is 1.73. The molecule has 1 amide bonds. The number of hydrogen-bond donors (Lipinski definition) is 0. The summed E-state index contributed by atoms with van der Waals surface area (Å²) in [6.45, 7) is 5.25. The number of rotatable bonds is 3. The fourth-order valence-electron chi connectivity index (χ4n) is 3.28. The molecule has 1 saturated heterocycles. The van der Waals surface area contributed by atoms with Gasteiger partial charge >= 0.3 is 0 Å². The smallest absolute Gasteiger partial charge is 0.253 e. The van der Waals surface area contributed by atoms with Crippen molar-refractivity contribution in [1.82, 2.24) is 9.80 Å². The van der Waals surface area contributed by atoms with E-state index in [4.69, 9.17) is 11.6 Å². The Balaban J connectivity index is 1.65. The summed E-state index contributed by atoms with van der Waals surface area (Å²) in [4.78, 5) is 16.9. The predicted molar refractivity (Wildman–Crippen MR) is 98.4 cm³/mol. The van der Waals surface area contributed by atoms with Crippen LogP contribution in [0.1, 0.15) is 35.3 Å². The summed E-state index contributed by atoms with van der Waals surface area (Å²) >= 11 is 6.00. The summed E-state index contributed by atoms with van der Waals surface area (Å²) in [6, 6.07) is 14.0. The van der Waals surface area contributed by atoms with Crippen molar-refractivity contribution >= 4 is 17.5 Å². The minimum absolute atomic E-state index is 0.0267. The second-order valence-corrected chi connectivity index (χ2v) is 6.86. The third-order valence-corrected chi connectivity index (χ3v) is 5.02. The van der Waals surface area contributed by atoms with E-state index in [0.717, 1.165) is 31.6 Å². The predicted octanol–water partition coefficient (Wildman–Crippen LogP) is 4.39. The molecule has 1 aliphatic rings. The second kappa shape index (κ2) is 7.98. The zero-order chi connectivity index (χ0) is 17.8. The molecule has 0 radical (unpaired) electrons. The van der Waals surface area contributed by atoms with Gasteiger partial charge in [-0.05, 0) is 49.2 Å². The fourth-order valence-corrected chi connectivity index (χ4v) is 3.47. The molecule has 0 bridgehead atoms. The van der Waals surface area contributed by atoms with Crippen LogP contribution in [0.15, 0.2) is 48.5 Å². The maximum Gasteiger partial charge on any atom is 0.253 e. The first-order chi connectivity index (χ1) is 12.0. The van der Waals surface area contributed by atoms with Crippen molar-refractivity contribution in [2.75, 3.05) is 26.2 Å². The lowest BCUT2D eigenvalue weighted by atomic mass is 10.1. The molecule has 25 heavy (non-hydrogen) atoms. The largest absolute Gasteiger partial charge is 0.337 e. The van der Waals surface area contributed by atoms with Crippen LogP contribution in [0.25, 0.3) is 0 Å².